The normalized spacial score (nSPS) is 24.7. The Morgan fingerprint density at radius 1 is 0.633 bits per heavy atom. The topological polar surface area (TPSA) is 55.4 Å². The zero-order valence-electron chi connectivity index (χ0n) is 31.3. The fourth-order valence-corrected chi connectivity index (χ4v) is 13.1. The molecule has 2 aliphatic heterocycles. The molecule has 8 heteroatoms. The molecule has 272 valence electrons. The first-order chi connectivity index (χ1) is 23.9. The second-order valence-electron chi connectivity index (χ2n) is 13.9. The van der Waals surface area contributed by atoms with Crippen molar-refractivity contribution in [2.45, 2.75) is 160 Å². The van der Waals surface area contributed by atoms with Gasteiger partial charge in [-0.15, -0.1) is 11.8 Å². The molecule has 49 heavy (non-hydrogen) atoms. The summed E-state index contributed by atoms with van der Waals surface area (Å²) < 4.78 is 40.2. The van der Waals surface area contributed by atoms with Gasteiger partial charge in [0.2, 0.25) is 0 Å². The van der Waals surface area contributed by atoms with Gasteiger partial charge in [0.25, 0.3) is 0 Å². The summed E-state index contributed by atoms with van der Waals surface area (Å²) in [5.74, 6) is 7.04. The molecule has 2 heterocycles. The first kappa shape index (κ1) is 40.0. The van der Waals surface area contributed by atoms with Crippen LogP contribution in [-0.4, -0.2) is 66.5 Å². The predicted molar refractivity (Wildman–Crippen MR) is 205 cm³/mol. The minimum atomic E-state index is -1.92. The molecular weight excluding hydrogens is 645 g/mol. The maximum atomic E-state index is 7.18. The van der Waals surface area contributed by atoms with E-state index in [-0.39, 0.29) is 36.6 Å². The number of hydrogen-bond acceptors (Lipinski definition) is 6. The molecule has 0 saturated carbocycles. The lowest BCUT2D eigenvalue weighted by Crippen LogP contribution is -2.54. The summed E-state index contributed by atoms with van der Waals surface area (Å²) in [5, 5.41) is 0. The Bertz CT molecular complexity index is 1230. The Morgan fingerprint density at radius 2 is 1.16 bits per heavy atom. The summed E-state index contributed by atoms with van der Waals surface area (Å²) in [4.78, 5) is 0. The van der Waals surface area contributed by atoms with E-state index < -0.39 is 16.6 Å². The summed E-state index contributed by atoms with van der Waals surface area (Å²) in [6.45, 7) is 16.1. The van der Waals surface area contributed by atoms with E-state index in [9.17, 15) is 0 Å². The fourth-order valence-electron chi connectivity index (χ4n) is 7.33. The molecule has 0 unspecified atom stereocenters. The van der Waals surface area contributed by atoms with E-state index in [1.807, 2.05) is 24.3 Å². The SMILES string of the molecule is CC[Si](CC)(CC)O[C@H]1CCCO[C@@H]1CC#CC[C@@H]1O[C@H](COCc2ccccc2)[C@@H](OCc2ccccc2)C[C@H]1O[Si](CC)(CC)CC. The molecule has 0 amide bonds. The van der Waals surface area contributed by atoms with Crippen LogP contribution >= 0.6 is 0 Å². The van der Waals surface area contributed by atoms with Crippen molar-refractivity contribution in [2.75, 3.05) is 13.2 Å². The molecule has 2 fully saturated rings. The molecule has 0 bridgehead atoms. The average molecular weight is 709 g/mol. The van der Waals surface area contributed by atoms with Crippen molar-refractivity contribution >= 4 is 16.6 Å². The number of benzene rings is 2. The quantitative estimate of drug-likeness (QED) is 0.107. The van der Waals surface area contributed by atoms with Crippen molar-refractivity contribution in [3.63, 3.8) is 0 Å². The van der Waals surface area contributed by atoms with Crippen molar-refractivity contribution in [2.24, 2.45) is 0 Å². The second-order valence-corrected chi connectivity index (χ2v) is 23.3. The fraction of sp³-hybridized carbons (Fsp3) is 0.659. The van der Waals surface area contributed by atoms with E-state index in [2.05, 4.69) is 89.8 Å². The first-order valence-electron chi connectivity index (χ1n) is 19.3. The molecule has 6 atom stereocenters. The molecule has 2 aromatic rings. The molecule has 0 aliphatic carbocycles. The highest BCUT2D eigenvalue weighted by atomic mass is 28.4. The van der Waals surface area contributed by atoms with Gasteiger partial charge >= 0.3 is 0 Å². The number of rotatable bonds is 19. The largest absolute Gasteiger partial charge is 0.411 e. The third-order valence-corrected chi connectivity index (χ3v) is 20.5. The van der Waals surface area contributed by atoms with Crippen LogP contribution in [0.2, 0.25) is 36.3 Å². The highest BCUT2D eigenvalue weighted by Gasteiger charge is 2.43. The van der Waals surface area contributed by atoms with Gasteiger partial charge in [0.15, 0.2) is 16.6 Å². The third-order valence-electron chi connectivity index (χ3n) is 11.1. The van der Waals surface area contributed by atoms with Crippen LogP contribution in [0, 0.1) is 11.8 Å². The van der Waals surface area contributed by atoms with Crippen LogP contribution in [0.4, 0.5) is 0 Å². The Kier molecular flexibility index (Phi) is 17.0. The molecule has 6 nitrogen and oxygen atoms in total. The van der Waals surface area contributed by atoms with Gasteiger partial charge in [-0.3, -0.25) is 0 Å². The minimum Gasteiger partial charge on any atom is -0.411 e. The van der Waals surface area contributed by atoms with Crippen LogP contribution in [-0.2, 0) is 41.0 Å². The first-order valence-corrected chi connectivity index (χ1v) is 24.3. The van der Waals surface area contributed by atoms with Crippen molar-refractivity contribution < 1.29 is 27.8 Å². The molecule has 2 aliphatic rings. The summed E-state index contributed by atoms with van der Waals surface area (Å²) in [6.07, 6.45) is 3.81. The van der Waals surface area contributed by atoms with Gasteiger partial charge in [0, 0.05) is 25.9 Å². The molecule has 0 N–H and O–H groups in total. The van der Waals surface area contributed by atoms with E-state index in [4.69, 9.17) is 27.8 Å². The van der Waals surface area contributed by atoms with Crippen LogP contribution in [0.15, 0.2) is 60.7 Å². The molecular formula is C41H64O6Si2. The molecule has 2 saturated heterocycles. The van der Waals surface area contributed by atoms with Crippen molar-refractivity contribution in [3.05, 3.63) is 71.8 Å². The number of ether oxygens (including phenoxy) is 4. The van der Waals surface area contributed by atoms with Crippen LogP contribution in [0.3, 0.4) is 0 Å². The zero-order chi connectivity index (χ0) is 35.0. The average Bonchev–Trinajstić information content (AvgIpc) is 3.16. The van der Waals surface area contributed by atoms with Crippen LogP contribution in [0.1, 0.15) is 84.8 Å². The molecule has 4 rings (SSSR count). The van der Waals surface area contributed by atoms with Gasteiger partial charge in [-0.2, -0.15) is 0 Å². The van der Waals surface area contributed by atoms with Crippen LogP contribution in [0.25, 0.3) is 0 Å². The lowest BCUT2D eigenvalue weighted by molar-refractivity contribution is -0.197. The van der Waals surface area contributed by atoms with Crippen molar-refractivity contribution in [1.29, 1.82) is 0 Å². The lowest BCUT2D eigenvalue weighted by atomic mass is 9.96. The van der Waals surface area contributed by atoms with E-state index in [0.29, 0.717) is 32.7 Å². The maximum absolute atomic E-state index is 7.18. The molecule has 0 spiro atoms. The van der Waals surface area contributed by atoms with Gasteiger partial charge < -0.3 is 27.8 Å². The Balaban J connectivity index is 1.50. The Morgan fingerprint density at radius 3 is 1.73 bits per heavy atom. The Labute approximate surface area is 300 Å². The summed E-state index contributed by atoms with van der Waals surface area (Å²) in [5.41, 5.74) is 2.30. The summed E-state index contributed by atoms with van der Waals surface area (Å²) in [7, 11) is -3.64. The van der Waals surface area contributed by atoms with Crippen LogP contribution in [0.5, 0.6) is 0 Å². The van der Waals surface area contributed by atoms with E-state index >= 15 is 0 Å². The standard InChI is InChI=1S/C41H64O6Si2/c1-7-48(8-2,9-3)46-38-28-21-29-43-36(38)26-19-20-27-37-40(47-49(10-4,11-5)12-6)30-39(44-32-35-24-17-14-18-25-35)41(45-37)33-42-31-34-22-15-13-16-23-34/h13-18,22-25,36-41H,7-12,21,26-33H2,1-6H3/t36-,37+,38+,39+,40-,41-/m1/s1. The highest BCUT2D eigenvalue weighted by Crippen LogP contribution is 2.34. The Hall–Kier alpha value is -1.81. The van der Waals surface area contributed by atoms with Gasteiger partial charge in [0.05, 0.1) is 50.3 Å². The molecule has 0 aromatic heterocycles. The van der Waals surface area contributed by atoms with E-state index in [1.54, 1.807) is 0 Å². The van der Waals surface area contributed by atoms with E-state index in [1.165, 1.54) is 0 Å². The number of hydrogen-bond donors (Lipinski definition) is 0. The van der Waals surface area contributed by atoms with Crippen molar-refractivity contribution in [3.8, 4) is 11.8 Å². The predicted octanol–water partition coefficient (Wildman–Crippen LogP) is 9.69. The zero-order valence-corrected chi connectivity index (χ0v) is 33.3. The summed E-state index contributed by atoms with van der Waals surface area (Å²) in [6, 6.07) is 27.4. The third kappa shape index (κ3) is 11.9. The second kappa shape index (κ2) is 20.9. The smallest absolute Gasteiger partial charge is 0.192 e. The maximum Gasteiger partial charge on any atom is 0.192 e. The van der Waals surface area contributed by atoms with Gasteiger partial charge in [-0.25, -0.2) is 0 Å². The van der Waals surface area contributed by atoms with E-state index in [0.717, 1.165) is 73.3 Å². The highest BCUT2D eigenvalue weighted by molar-refractivity contribution is 6.74. The van der Waals surface area contributed by atoms with Crippen molar-refractivity contribution in [1.82, 2.24) is 0 Å². The van der Waals surface area contributed by atoms with Gasteiger partial charge in [-0.05, 0) is 60.2 Å². The monoisotopic (exact) mass is 708 g/mol. The molecule has 0 radical (unpaired) electrons. The van der Waals surface area contributed by atoms with Gasteiger partial charge in [0.1, 0.15) is 6.10 Å². The lowest BCUT2D eigenvalue weighted by Gasteiger charge is -2.44. The van der Waals surface area contributed by atoms with Gasteiger partial charge in [-0.1, -0.05) is 102 Å². The van der Waals surface area contributed by atoms with Crippen LogP contribution < -0.4 is 0 Å². The molecule has 2 aromatic carbocycles. The minimum absolute atomic E-state index is 0.0346. The summed E-state index contributed by atoms with van der Waals surface area (Å²) >= 11 is 0.